The third-order valence-electron chi connectivity index (χ3n) is 1.43. The summed E-state index contributed by atoms with van der Waals surface area (Å²) in [6.07, 6.45) is 1.09. The zero-order chi connectivity index (χ0) is 10.6. The molecule has 72 valence electrons. The predicted octanol–water partition coefficient (Wildman–Crippen LogP) is 0.199. The van der Waals surface area contributed by atoms with Crippen molar-refractivity contribution < 1.29 is 9.59 Å². The molecule has 1 amide bonds. The van der Waals surface area contributed by atoms with E-state index in [1.165, 1.54) is 13.1 Å². The number of nitrogens with zero attached hydrogens (tertiary/aromatic N) is 2. The zero-order valence-corrected chi connectivity index (χ0v) is 7.50. The molecule has 6 heteroatoms. The quantitative estimate of drug-likeness (QED) is 0.668. The van der Waals surface area contributed by atoms with Crippen LogP contribution in [0.1, 0.15) is 18.9 Å². The molecular formula is C8H8N4O2. The topological polar surface area (TPSA) is 98.6 Å². The van der Waals surface area contributed by atoms with Gasteiger partial charge >= 0.3 is 0 Å². The number of carbonyl (C=O) groups is 2. The maximum Gasteiger partial charge on any atom is 0.232 e. The van der Waals surface area contributed by atoms with Crippen molar-refractivity contribution in [2.75, 3.05) is 5.32 Å². The number of hydrogen-bond acceptors (Lipinski definition) is 4. The van der Waals surface area contributed by atoms with Gasteiger partial charge in [-0.25, -0.2) is 0 Å². The Labute approximate surface area is 79.9 Å². The van der Waals surface area contributed by atoms with Gasteiger partial charge in [-0.2, -0.15) is 10.4 Å². The summed E-state index contributed by atoms with van der Waals surface area (Å²) < 4.78 is 0. The smallest absolute Gasteiger partial charge is 0.232 e. The van der Waals surface area contributed by atoms with E-state index in [1.54, 1.807) is 0 Å². The van der Waals surface area contributed by atoms with Gasteiger partial charge < -0.3 is 5.32 Å². The Kier molecular flexibility index (Phi) is 2.97. The second-order valence-corrected chi connectivity index (χ2v) is 2.70. The van der Waals surface area contributed by atoms with E-state index in [0.29, 0.717) is 0 Å². The molecular weight excluding hydrogens is 184 g/mol. The first-order valence-corrected chi connectivity index (χ1v) is 3.86. The molecule has 0 aliphatic rings. The van der Waals surface area contributed by atoms with E-state index in [9.17, 15) is 9.59 Å². The number of ketones is 1. The largest absolute Gasteiger partial charge is 0.310 e. The van der Waals surface area contributed by atoms with Crippen LogP contribution in [0.3, 0.4) is 0 Å². The summed E-state index contributed by atoms with van der Waals surface area (Å²) in [5.41, 5.74) is 0.238. The number of H-pyrrole nitrogens is 1. The number of Topliss-reactive ketones (excluding diaryl/α,β-unsaturated/α-hetero) is 1. The molecule has 0 unspecified atom stereocenters. The van der Waals surface area contributed by atoms with Gasteiger partial charge in [-0.1, -0.05) is 0 Å². The molecule has 0 aliphatic heterocycles. The average molecular weight is 192 g/mol. The van der Waals surface area contributed by atoms with Crippen molar-refractivity contribution in [2.24, 2.45) is 0 Å². The molecule has 0 radical (unpaired) electrons. The lowest BCUT2D eigenvalue weighted by molar-refractivity contribution is -0.124. The molecule has 0 saturated carbocycles. The number of hydrogen-bond donors (Lipinski definition) is 2. The van der Waals surface area contributed by atoms with Crippen molar-refractivity contribution in [2.45, 2.75) is 13.3 Å². The fourth-order valence-corrected chi connectivity index (χ4v) is 0.876. The minimum Gasteiger partial charge on any atom is -0.310 e. The van der Waals surface area contributed by atoms with Crippen LogP contribution >= 0.6 is 0 Å². The molecule has 0 bridgehead atoms. The fourth-order valence-electron chi connectivity index (χ4n) is 0.876. The Morgan fingerprint density at radius 2 is 2.43 bits per heavy atom. The van der Waals surface area contributed by atoms with Crippen LogP contribution in [0.4, 0.5) is 5.82 Å². The van der Waals surface area contributed by atoms with Crippen LogP contribution in [0.15, 0.2) is 6.20 Å². The second kappa shape index (κ2) is 4.18. The zero-order valence-electron chi connectivity index (χ0n) is 7.50. The van der Waals surface area contributed by atoms with Crippen molar-refractivity contribution in [3.63, 3.8) is 0 Å². The molecule has 0 spiro atoms. The maximum atomic E-state index is 11.1. The highest BCUT2D eigenvalue weighted by atomic mass is 16.2. The van der Waals surface area contributed by atoms with E-state index >= 15 is 0 Å². The number of carbonyl (C=O) groups excluding carboxylic acids is 2. The van der Waals surface area contributed by atoms with Gasteiger partial charge in [0.1, 0.15) is 23.2 Å². The van der Waals surface area contributed by atoms with E-state index in [0.717, 1.165) is 0 Å². The van der Waals surface area contributed by atoms with Crippen LogP contribution in [0.2, 0.25) is 0 Å². The van der Waals surface area contributed by atoms with Crippen molar-refractivity contribution in [3.8, 4) is 6.07 Å². The molecule has 1 aromatic rings. The van der Waals surface area contributed by atoms with E-state index < -0.39 is 5.91 Å². The molecule has 6 nitrogen and oxygen atoms in total. The number of amides is 1. The molecule has 14 heavy (non-hydrogen) atoms. The number of nitriles is 1. The number of aromatic amines is 1. The minimum absolute atomic E-state index is 0.204. The molecule has 0 aliphatic carbocycles. The number of nitrogens with one attached hydrogen (secondary N) is 2. The standard InChI is InChI=1S/C8H8N4O2/c1-5(13)2-7(14)11-8-6(3-9)4-10-12-8/h4H,2H2,1H3,(H2,10,11,12,14). The molecule has 0 atom stereocenters. The van der Waals surface area contributed by atoms with E-state index in [1.807, 2.05) is 6.07 Å². The fraction of sp³-hybridized carbons (Fsp3) is 0.250. The van der Waals surface area contributed by atoms with Gasteiger partial charge in [0, 0.05) is 0 Å². The van der Waals surface area contributed by atoms with Gasteiger partial charge in [-0.15, -0.1) is 0 Å². The molecule has 2 N–H and O–H groups in total. The molecule has 1 heterocycles. The van der Waals surface area contributed by atoms with Crippen molar-refractivity contribution in [1.82, 2.24) is 10.2 Å². The van der Waals surface area contributed by atoms with E-state index in [2.05, 4.69) is 15.5 Å². The highest BCUT2D eigenvalue weighted by Crippen LogP contribution is 2.08. The Bertz CT molecular complexity index is 402. The summed E-state index contributed by atoms with van der Waals surface area (Å²) >= 11 is 0. The first-order valence-electron chi connectivity index (χ1n) is 3.86. The summed E-state index contributed by atoms with van der Waals surface area (Å²) in [6, 6.07) is 1.84. The van der Waals surface area contributed by atoms with Crippen molar-refractivity contribution in [1.29, 1.82) is 5.26 Å². The Balaban J connectivity index is 2.66. The average Bonchev–Trinajstić information content (AvgIpc) is 2.50. The third-order valence-corrected chi connectivity index (χ3v) is 1.43. The summed E-state index contributed by atoms with van der Waals surface area (Å²) in [5.74, 6) is -0.475. The van der Waals surface area contributed by atoms with E-state index in [-0.39, 0.29) is 23.6 Å². The normalized spacial score (nSPS) is 9.14. The number of rotatable bonds is 3. The highest BCUT2D eigenvalue weighted by molar-refractivity contribution is 6.03. The summed E-state index contributed by atoms with van der Waals surface area (Å²) in [7, 11) is 0. The van der Waals surface area contributed by atoms with Crippen LogP contribution in [0, 0.1) is 11.3 Å². The first-order chi connectivity index (χ1) is 6.63. The maximum absolute atomic E-state index is 11.1. The van der Waals surface area contributed by atoms with Crippen molar-refractivity contribution >= 4 is 17.5 Å². The van der Waals surface area contributed by atoms with E-state index in [4.69, 9.17) is 5.26 Å². The molecule has 1 aromatic heterocycles. The SMILES string of the molecule is CC(=O)CC(=O)Nc1[nH]ncc1C#N. The van der Waals surface area contributed by atoms with Gasteiger partial charge in [-0.3, -0.25) is 14.7 Å². The van der Waals surface area contributed by atoms with Gasteiger partial charge in [-0.05, 0) is 6.92 Å². The first kappa shape index (κ1) is 9.92. The van der Waals surface area contributed by atoms with Gasteiger partial charge in [0.15, 0.2) is 0 Å². The lowest BCUT2D eigenvalue weighted by atomic mass is 10.3. The highest BCUT2D eigenvalue weighted by Gasteiger charge is 2.09. The van der Waals surface area contributed by atoms with Gasteiger partial charge in [0.05, 0.1) is 12.6 Å². The van der Waals surface area contributed by atoms with Gasteiger partial charge in [0.2, 0.25) is 5.91 Å². The van der Waals surface area contributed by atoms with Crippen LogP contribution in [-0.4, -0.2) is 21.9 Å². The number of anilines is 1. The summed E-state index contributed by atoms with van der Waals surface area (Å²) in [5, 5.41) is 17.0. The molecule has 0 aromatic carbocycles. The monoisotopic (exact) mass is 192 g/mol. The Morgan fingerprint density at radius 3 is 3.00 bits per heavy atom. The Morgan fingerprint density at radius 1 is 1.71 bits per heavy atom. The summed E-state index contributed by atoms with van der Waals surface area (Å²) in [6.45, 7) is 1.32. The molecule has 0 fully saturated rings. The van der Waals surface area contributed by atoms with Gasteiger partial charge in [0.25, 0.3) is 0 Å². The minimum atomic E-state index is -0.460. The van der Waals surface area contributed by atoms with Crippen LogP contribution in [0.5, 0.6) is 0 Å². The third kappa shape index (κ3) is 2.42. The summed E-state index contributed by atoms with van der Waals surface area (Å²) in [4.78, 5) is 21.7. The lowest BCUT2D eigenvalue weighted by Gasteiger charge is -1.99. The van der Waals surface area contributed by atoms with Crippen LogP contribution < -0.4 is 5.32 Å². The lowest BCUT2D eigenvalue weighted by Crippen LogP contribution is -2.15. The second-order valence-electron chi connectivity index (χ2n) is 2.70. The number of aromatic nitrogens is 2. The predicted molar refractivity (Wildman–Crippen MR) is 47.2 cm³/mol. The molecule has 0 saturated heterocycles. The van der Waals surface area contributed by atoms with Crippen LogP contribution in [0.25, 0.3) is 0 Å². The molecule has 1 rings (SSSR count). The van der Waals surface area contributed by atoms with Crippen LogP contribution in [-0.2, 0) is 9.59 Å². The Hall–Kier alpha value is -2.16. The van der Waals surface area contributed by atoms with Crippen molar-refractivity contribution in [3.05, 3.63) is 11.8 Å².